The van der Waals surface area contributed by atoms with Gasteiger partial charge < -0.3 is 37.6 Å². The molecule has 0 heterocycles. The molecular formula is C19H27N5O7. The summed E-state index contributed by atoms with van der Waals surface area (Å²) in [6.45, 7) is -1.23. The number of nitrogens with one attached hydrogen (secondary N) is 3. The Balaban J connectivity index is 3.00. The summed E-state index contributed by atoms with van der Waals surface area (Å²) in [5, 5.41) is 25.0. The van der Waals surface area contributed by atoms with E-state index in [0.29, 0.717) is 0 Å². The van der Waals surface area contributed by atoms with Crippen LogP contribution >= 0.6 is 0 Å². The van der Waals surface area contributed by atoms with Crippen LogP contribution in [0.2, 0.25) is 0 Å². The predicted molar refractivity (Wildman–Crippen MR) is 108 cm³/mol. The largest absolute Gasteiger partial charge is 0.480 e. The molecule has 3 atom stereocenters. The van der Waals surface area contributed by atoms with Crippen LogP contribution < -0.4 is 27.4 Å². The Morgan fingerprint density at radius 1 is 0.903 bits per heavy atom. The number of hydrogen-bond acceptors (Lipinski definition) is 7. The summed E-state index contributed by atoms with van der Waals surface area (Å²) >= 11 is 0. The van der Waals surface area contributed by atoms with E-state index in [4.69, 9.17) is 21.7 Å². The fourth-order valence-electron chi connectivity index (χ4n) is 2.60. The number of rotatable bonds is 13. The molecule has 0 aromatic heterocycles. The molecule has 31 heavy (non-hydrogen) atoms. The third-order valence-corrected chi connectivity index (χ3v) is 4.23. The van der Waals surface area contributed by atoms with Crippen LogP contribution in [0.4, 0.5) is 0 Å². The summed E-state index contributed by atoms with van der Waals surface area (Å²) in [5.41, 5.74) is 11.1. The minimum Gasteiger partial charge on any atom is -0.480 e. The average molecular weight is 437 g/mol. The highest BCUT2D eigenvalue weighted by atomic mass is 16.4. The van der Waals surface area contributed by atoms with Gasteiger partial charge in [-0.25, -0.2) is 4.79 Å². The number of carbonyl (C=O) groups is 5. The topological polar surface area (TPSA) is 214 Å². The first-order valence-electron chi connectivity index (χ1n) is 9.44. The van der Waals surface area contributed by atoms with E-state index in [1.807, 2.05) is 0 Å². The number of amides is 4. The lowest BCUT2D eigenvalue weighted by Gasteiger charge is -2.24. The summed E-state index contributed by atoms with van der Waals surface area (Å²) in [4.78, 5) is 59.2. The van der Waals surface area contributed by atoms with Crippen LogP contribution in [0.1, 0.15) is 18.4 Å². The summed E-state index contributed by atoms with van der Waals surface area (Å²) < 4.78 is 0. The number of aliphatic hydroxyl groups is 1. The molecular weight excluding hydrogens is 410 g/mol. The Morgan fingerprint density at radius 3 is 2.00 bits per heavy atom. The highest BCUT2D eigenvalue weighted by Crippen LogP contribution is 2.06. The molecule has 1 aromatic rings. The third-order valence-electron chi connectivity index (χ3n) is 4.23. The molecule has 0 bridgehead atoms. The molecule has 12 nitrogen and oxygen atoms in total. The first kappa shape index (κ1) is 25.5. The SMILES string of the molecule is NCC(=O)NC(Cc1ccccc1)C(=O)NC(CCC(N)=O)C(=O)NC(CO)C(=O)O. The second-order valence-corrected chi connectivity index (χ2v) is 6.66. The van der Waals surface area contributed by atoms with Crippen LogP contribution in [0.25, 0.3) is 0 Å². The van der Waals surface area contributed by atoms with E-state index in [2.05, 4.69) is 16.0 Å². The molecule has 0 aliphatic rings. The maximum atomic E-state index is 12.8. The molecule has 0 saturated heterocycles. The zero-order chi connectivity index (χ0) is 23.4. The van der Waals surface area contributed by atoms with E-state index in [-0.39, 0.29) is 25.8 Å². The second-order valence-electron chi connectivity index (χ2n) is 6.66. The van der Waals surface area contributed by atoms with Gasteiger partial charge in [0.15, 0.2) is 0 Å². The average Bonchev–Trinajstić information content (AvgIpc) is 2.74. The first-order chi connectivity index (χ1) is 14.7. The van der Waals surface area contributed by atoms with Crippen LogP contribution in [0.15, 0.2) is 30.3 Å². The highest BCUT2D eigenvalue weighted by molar-refractivity contribution is 5.94. The van der Waals surface area contributed by atoms with E-state index >= 15 is 0 Å². The lowest BCUT2D eigenvalue weighted by Crippen LogP contribution is -2.57. The van der Waals surface area contributed by atoms with Crippen molar-refractivity contribution in [3.8, 4) is 0 Å². The van der Waals surface area contributed by atoms with E-state index in [9.17, 15) is 24.0 Å². The number of aliphatic hydroxyl groups excluding tert-OH is 1. The Morgan fingerprint density at radius 2 is 1.48 bits per heavy atom. The molecule has 0 fully saturated rings. The third kappa shape index (κ3) is 9.23. The first-order valence-corrected chi connectivity index (χ1v) is 9.44. The zero-order valence-corrected chi connectivity index (χ0v) is 16.7. The van der Waals surface area contributed by atoms with Crippen molar-refractivity contribution in [1.82, 2.24) is 16.0 Å². The van der Waals surface area contributed by atoms with Crippen LogP contribution in [-0.2, 0) is 30.4 Å². The molecule has 0 aliphatic heterocycles. The number of aliphatic carboxylic acids is 1. The lowest BCUT2D eigenvalue weighted by atomic mass is 10.0. The number of primary amides is 1. The molecule has 1 rings (SSSR count). The Labute approximate surface area is 178 Å². The summed E-state index contributed by atoms with van der Waals surface area (Å²) in [5.74, 6) is -4.49. The lowest BCUT2D eigenvalue weighted by molar-refractivity contribution is -0.143. The van der Waals surface area contributed by atoms with Gasteiger partial charge in [-0.2, -0.15) is 0 Å². The number of carboxylic acid groups (broad SMARTS) is 1. The van der Waals surface area contributed by atoms with Gasteiger partial charge in [0.1, 0.15) is 18.1 Å². The van der Waals surface area contributed by atoms with Gasteiger partial charge in [-0.1, -0.05) is 30.3 Å². The molecule has 0 aliphatic carbocycles. The van der Waals surface area contributed by atoms with Crippen molar-refractivity contribution in [3.63, 3.8) is 0 Å². The number of hydrogen-bond donors (Lipinski definition) is 7. The number of benzene rings is 1. The summed E-state index contributed by atoms with van der Waals surface area (Å²) in [7, 11) is 0. The molecule has 0 saturated carbocycles. The van der Waals surface area contributed by atoms with Crippen molar-refractivity contribution in [2.45, 2.75) is 37.4 Å². The second kappa shape index (κ2) is 12.9. The maximum absolute atomic E-state index is 12.8. The van der Waals surface area contributed by atoms with Gasteiger partial charge in [-0.3, -0.25) is 19.2 Å². The van der Waals surface area contributed by atoms with Crippen LogP contribution in [-0.4, -0.2) is 71.1 Å². The zero-order valence-electron chi connectivity index (χ0n) is 16.7. The van der Waals surface area contributed by atoms with Gasteiger partial charge in [0.05, 0.1) is 13.2 Å². The van der Waals surface area contributed by atoms with Crippen LogP contribution in [0, 0.1) is 0 Å². The van der Waals surface area contributed by atoms with Crippen molar-refractivity contribution in [3.05, 3.63) is 35.9 Å². The minimum atomic E-state index is -1.60. The smallest absolute Gasteiger partial charge is 0.328 e. The fraction of sp³-hybridized carbons (Fsp3) is 0.421. The van der Waals surface area contributed by atoms with E-state index < -0.39 is 54.3 Å². The molecule has 170 valence electrons. The normalized spacial score (nSPS) is 13.4. The summed E-state index contributed by atoms with van der Waals surface area (Å²) in [6.07, 6.45) is -0.391. The minimum absolute atomic E-state index is 0.0942. The van der Waals surface area contributed by atoms with Gasteiger partial charge in [0, 0.05) is 12.8 Å². The number of carboxylic acids is 1. The summed E-state index contributed by atoms with van der Waals surface area (Å²) in [6, 6.07) is 4.74. The molecule has 0 radical (unpaired) electrons. The van der Waals surface area contributed by atoms with Crippen molar-refractivity contribution in [2.75, 3.05) is 13.2 Å². The van der Waals surface area contributed by atoms with Gasteiger partial charge >= 0.3 is 5.97 Å². The molecule has 4 amide bonds. The molecule has 0 spiro atoms. The predicted octanol–water partition coefficient (Wildman–Crippen LogP) is -3.02. The van der Waals surface area contributed by atoms with E-state index in [1.54, 1.807) is 30.3 Å². The maximum Gasteiger partial charge on any atom is 0.328 e. The Bertz CT molecular complexity index is 787. The van der Waals surface area contributed by atoms with Gasteiger partial charge in [0.2, 0.25) is 23.6 Å². The fourth-order valence-corrected chi connectivity index (χ4v) is 2.60. The standard InChI is InChI=1S/C19H27N5O7/c20-9-16(27)22-13(8-11-4-2-1-3-5-11)18(29)23-12(6-7-15(21)26)17(28)24-14(10-25)19(30)31/h1-5,12-14,25H,6-10,20H2,(H2,21,26)(H,22,27)(H,23,29)(H,24,28)(H,30,31). The van der Waals surface area contributed by atoms with E-state index in [0.717, 1.165) is 5.56 Å². The van der Waals surface area contributed by atoms with Crippen molar-refractivity contribution >= 4 is 29.6 Å². The van der Waals surface area contributed by atoms with Crippen molar-refractivity contribution < 1.29 is 34.2 Å². The van der Waals surface area contributed by atoms with Gasteiger partial charge in [-0.15, -0.1) is 0 Å². The van der Waals surface area contributed by atoms with Gasteiger partial charge in [0.25, 0.3) is 0 Å². The Hall–Kier alpha value is -3.51. The van der Waals surface area contributed by atoms with Gasteiger partial charge in [-0.05, 0) is 12.0 Å². The van der Waals surface area contributed by atoms with Crippen LogP contribution in [0.3, 0.4) is 0 Å². The molecule has 9 N–H and O–H groups in total. The monoisotopic (exact) mass is 437 g/mol. The quantitative estimate of drug-likeness (QED) is 0.168. The van der Waals surface area contributed by atoms with Crippen LogP contribution in [0.5, 0.6) is 0 Å². The molecule has 12 heteroatoms. The van der Waals surface area contributed by atoms with Crippen molar-refractivity contribution in [1.29, 1.82) is 0 Å². The highest BCUT2D eigenvalue weighted by Gasteiger charge is 2.29. The van der Waals surface area contributed by atoms with E-state index in [1.165, 1.54) is 0 Å². The Kier molecular flexibility index (Phi) is 10.6. The van der Waals surface area contributed by atoms with Crippen molar-refractivity contribution in [2.24, 2.45) is 11.5 Å². The number of nitrogens with two attached hydrogens (primary N) is 2. The molecule has 1 aromatic carbocycles. The number of carbonyl (C=O) groups excluding carboxylic acids is 4. The molecule has 3 unspecified atom stereocenters.